The van der Waals surface area contributed by atoms with Crippen molar-refractivity contribution in [1.29, 1.82) is 0 Å². The molecule has 1 heterocycles. The number of hydrazone groups is 1. The van der Waals surface area contributed by atoms with E-state index in [1.54, 1.807) is 37.4 Å². The van der Waals surface area contributed by atoms with Gasteiger partial charge in [0.2, 0.25) is 0 Å². The number of hydrogen-bond acceptors (Lipinski definition) is 6. The summed E-state index contributed by atoms with van der Waals surface area (Å²) >= 11 is 0. The van der Waals surface area contributed by atoms with Crippen LogP contribution in [0.2, 0.25) is 0 Å². The maximum atomic E-state index is 11.7. The fourth-order valence-corrected chi connectivity index (χ4v) is 1.96. The first-order valence-electron chi connectivity index (χ1n) is 7.70. The summed E-state index contributed by atoms with van der Waals surface area (Å²) in [7, 11) is 3.08. The van der Waals surface area contributed by atoms with Gasteiger partial charge in [0.1, 0.15) is 12.3 Å². The molecule has 9 heteroatoms. The fraction of sp³-hybridized carbons (Fsp3) is 0.235. The minimum atomic E-state index is -0.486. The van der Waals surface area contributed by atoms with E-state index in [0.717, 1.165) is 0 Å². The first-order valence-corrected chi connectivity index (χ1v) is 7.70. The highest BCUT2D eigenvalue weighted by Crippen LogP contribution is 2.26. The quantitative estimate of drug-likeness (QED) is 0.484. The molecule has 0 aliphatic heterocycles. The van der Waals surface area contributed by atoms with Crippen molar-refractivity contribution in [2.75, 3.05) is 20.8 Å². The molecule has 9 nitrogen and oxygen atoms in total. The molecule has 0 aliphatic carbocycles. The van der Waals surface area contributed by atoms with E-state index in [2.05, 4.69) is 21.2 Å². The number of carbonyl (C=O) groups excluding carboxylic acids is 2. The van der Waals surface area contributed by atoms with Crippen LogP contribution >= 0.6 is 0 Å². The van der Waals surface area contributed by atoms with Crippen molar-refractivity contribution in [3.8, 4) is 11.5 Å². The topological polar surface area (TPSA) is 114 Å². The number of carbonyl (C=O) groups is 2. The zero-order valence-corrected chi connectivity index (χ0v) is 14.4. The molecule has 0 spiro atoms. The lowest BCUT2D eigenvalue weighted by atomic mass is 10.2. The number of methoxy groups -OCH3 is 2. The Balaban J connectivity index is 1.72. The number of nitrogens with zero attached hydrogens (tertiary/aromatic N) is 1. The van der Waals surface area contributed by atoms with Crippen molar-refractivity contribution in [3.63, 3.8) is 0 Å². The number of hydrogen-bond donors (Lipinski definition) is 3. The van der Waals surface area contributed by atoms with E-state index >= 15 is 0 Å². The molecule has 0 saturated carbocycles. The van der Waals surface area contributed by atoms with Gasteiger partial charge in [0.05, 0.1) is 33.2 Å². The summed E-state index contributed by atoms with van der Waals surface area (Å²) in [5.41, 5.74) is 3.03. The van der Waals surface area contributed by atoms with Gasteiger partial charge >= 0.3 is 6.03 Å². The van der Waals surface area contributed by atoms with E-state index in [1.165, 1.54) is 19.6 Å². The van der Waals surface area contributed by atoms with Crippen LogP contribution in [0.15, 0.2) is 46.1 Å². The molecule has 0 fully saturated rings. The average Bonchev–Trinajstić information content (AvgIpc) is 3.18. The highest BCUT2D eigenvalue weighted by molar-refractivity contribution is 5.86. The normalized spacial score (nSPS) is 10.4. The molecule has 0 unspecified atom stereocenters. The van der Waals surface area contributed by atoms with Gasteiger partial charge < -0.3 is 24.5 Å². The Morgan fingerprint density at radius 3 is 2.65 bits per heavy atom. The molecule has 2 aromatic rings. The van der Waals surface area contributed by atoms with Crippen molar-refractivity contribution in [3.05, 3.63) is 47.9 Å². The number of benzene rings is 1. The van der Waals surface area contributed by atoms with Gasteiger partial charge in [0, 0.05) is 0 Å². The van der Waals surface area contributed by atoms with Crippen LogP contribution in [0.3, 0.4) is 0 Å². The van der Waals surface area contributed by atoms with Gasteiger partial charge in [-0.3, -0.25) is 4.79 Å². The summed E-state index contributed by atoms with van der Waals surface area (Å²) in [6.45, 7) is 0.0190. The second-order valence-corrected chi connectivity index (χ2v) is 5.02. The number of ether oxygens (including phenoxy) is 2. The van der Waals surface area contributed by atoms with Crippen LogP contribution < -0.4 is 25.5 Å². The van der Waals surface area contributed by atoms with Crippen molar-refractivity contribution in [2.45, 2.75) is 6.54 Å². The van der Waals surface area contributed by atoms with Crippen LogP contribution in [0.25, 0.3) is 0 Å². The molecule has 26 heavy (non-hydrogen) atoms. The zero-order valence-electron chi connectivity index (χ0n) is 14.4. The van der Waals surface area contributed by atoms with Gasteiger partial charge in [-0.15, -0.1) is 0 Å². The third kappa shape index (κ3) is 5.86. The zero-order chi connectivity index (χ0) is 18.8. The molecule has 0 atom stereocenters. The molecule has 3 N–H and O–H groups in total. The fourth-order valence-electron chi connectivity index (χ4n) is 1.96. The summed E-state index contributed by atoms with van der Waals surface area (Å²) in [4.78, 5) is 23.2. The number of amides is 3. The molecule has 0 radical (unpaired) electrons. The lowest BCUT2D eigenvalue weighted by molar-refractivity contribution is -0.120. The second kappa shape index (κ2) is 9.72. The maximum absolute atomic E-state index is 11.7. The Bertz CT molecular complexity index is 759. The summed E-state index contributed by atoms with van der Waals surface area (Å²) in [6, 6.07) is 8.17. The van der Waals surface area contributed by atoms with Crippen molar-refractivity contribution in [2.24, 2.45) is 5.10 Å². The Kier molecular flexibility index (Phi) is 7.04. The molecule has 2 rings (SSSR count). The van der Waals surface area contributed by atoms with E-state index in [4.69, 9.17) is 13.9 Å². The first kappa shape index (κ1) is 18.8. The van der Waals surface area contributed by atoms with Gasteiger partial charge in [-0.25, -0.2) is 10.2 Å². The van der Waals surface area contributed by atoms with Crippen molar-refractivity contribution < 1.29 is 23.5 Å². The van der Waals surface area contributed by atoms with Gasteiger partial charge in [0.15, 0.2) is 11.5 Å². The van der Waals surface area contributed by atoms with Gasteiger partial charge in [0.25, 0.3) is 5.91 Å². The SMILES string of the molecule is COc1ccc(/C=N/NC(=O)CNC(=O)NCc2ccco2)cc1OC. The van der Waals surface area contributed by atoms with Gasteiger partial charge in [-0.1, -0.05) is 0 Å². The smallest absolute Gasteiger partial charge is 0.315 e. The van der Waals surface area contributed by atoms with E-state index in [9.17, 15) is 9.59 Å². The summed E-state index contributed by atoms with van der Waals surface area (Å²) < 4.78 is 15.4. The number of nitrogens with one attached hydrogen (secondary N) is 3. The van der Waals surface area contributed by atoms with E-state index < -0.39 is 11.9 Å². The minimum absolute atomic E-state index is 0.215. The molecule has 138 valence electrons. The van der Waals surface area contributed by atoms with Crippen molar-refractivity contribution in [1.82, 2.24) is 16.1 Å². The number of furan rings is 1. The largest absolute Gasteiger partial charge is 0.493 e. The Morgan fingerprint density at radius 1 is 1.15 bits per heavy atom. The standard InChI is InChI=1S/C17H20N4O5/c1-24-14-6-5-12(8-15(14)25-2)9-20-21-16(22)11-19-17(23)18-10-13-4-3-7-26-13/h3-9H,10-11H2,1-2H3,(H,21,22)(H2,18,19,23)/b20-9+. The molecule has 1 aromatic carbocycles. The van der Waals surface area contributed by atoms with Crippen molar-refractivity contribution >= 4 is 18.2 Å². The van der Waals surface area contributed by atoms with Crippen LogP contribution in [0.4, 0.5) is 4.79 Å². The molecule has 0 saturated heterocycles. The molecule has 0 bridgehead atoms. The molecular weight excluding hydrogens is 340 g/mol. The van der Waals surface area contributed by atoms with E-state index in [-0.39, 0.29) is 13.1 Å². The lowest BCUT2D eigenvalue weighted by Crippen LogP contribution is -2.40. The van der Waals surface area contributed by atoms with Crippen LogP contribution in [0, 0.1) is 0 Å². The van der Waals surface area contributed by atoms with Crippen LogP contribution in [-0.4, -0.2) is 38.9 Å². The third-order valence-corrected chi connectivity index (χ3v) is 3.22. The monoisotopic (exact) mass is 360 g/mol. The van der Waals surface area contributed by atoms with Crippen LogP contribution in [0.5, 0.6) is 11.5 Å². The Morgan fingerprint density at radius 2 is 1.96 bits per heavy atom. The molecule has 0 aliphatic rings. The predicted octanol–water partition coefficient (Wildman–Crippen LogP) is 1.25. The van der Waals surface area contributed by atoms with E-state index in [0.29, 0.717) is 22.8 Å². The number of urea groups is 1. The summed E-state index contributed by atoms with van der Waals surface area (Å²) in [6.07, 6.45) is 2.97. The second-order valence-electron chi connectivity index (χ2n) is 5.02. The predicted molar refractivity (Wildman–Crippen MR) is 94.2 cm³/mol. The maximum Gasteiger partial charge on any atom is 0.315 e. The Labute approximate surface area is 150 Å². The summed E-state index contributed by atoms with van der Waals surface area (Å²) in [5.74, 6) is 1.30. The van der Waals surface area contributed by atoms with Crippen LogP contribution in [-0.2, 0) is 11.3 Å². The molecule has 1 aromatic heterocycles. The third-order valence-electron chi connectivity index (χ3n) is 3.22. The van der Waals surface area contributed by atoms with Crippen LogP contribution in [0.1, 0.15) is 11.3 Å². The Hall–Kier alpha value is -3.49. The van der Waals surface area contributed by atoms with Gasteiger partial charge in [-0.05, 0) is 35.9 Å². The average molecular weight is 360 g/mol. The highest BCUT2D eigenvalue weighted by atomic mass is 16.5. The highest BCUT2D eigenvalue weighted by Gasteiger charge is 2.06. The lowest BCUT2D eigenvalue weighted by Gasteiger charge is -2.07. The first-order chi connectivity index (χ1) is 12.6. The minimum Gasteiger partial charge on any atom is -0.493 e. The van der Waals surface area contributed by atoms with Gasteiger partial charge in [-0.2, -0.15) is 5.10 Å². The molecule has 3 amide bonds. The van der Waals surface area contributed by atoms with E-state index in [1.807, 2.05) is 0 Å². The number of rotatable bonds is 8. The molecular formula is C17H20N4O5. The summed E-state index contributed by atoms with van der Waals surface area (Å²) in [5, 5.41) is 8.80.